The smallest absolute Gasteiger partial charge is 0.254 e. The molecule has 0 amide bonds. The average molecular weight is 234 g/mol. The molecule has 2 aromatic rings. The molecule has 16 heavy (non-hydrogen) atoms. The fourth-order valence-corrected chi connectivity index (χ4v) is 2.62. The molecule has 0 saturated carbocycles. The summed E-state index contributed by atoms with van der Waals surface area (Å²) in [6.07, 6.45) is 0.720. The maximum atomic E-state index is 11.8. The van der Waals surface area contributed by atoms with E-state index in [2.05, 4.69) is 9.97 Å². The third kappa shape index (κ3) is 1.80. The summed E-state index contributed by atoms with van der Waals surface area (Å²) in [4.78, 5) is 20.2. The van der Waals surface area contributed by atoms with Crippen molar-refractivity contribution in [3.05, 3.63) is 38.6 Å². The second-order valence-electron chi connectivity index (χ2n) is 3.76. The normalized spacial score (nSPS) is 10.7. The van der Waals surface area contributed by atoms with Crippen molar-refractivity contribution in [1.82, 2.24) is 9.97 Å². The average Bonchev–Trinajstić information content (AvgIpc) is 2.64. The minimum atomic E-state index is -0.0159. The Labute approximate surface area is 98.2 Å². The highest BCUT2D eigenvalue weighted by Crippen LogP contribution is 2.25. The van der Waals surface area contributed by atoms with Crippen molar-refractivity contribution in [2.45, 2.75) is 27.2 Å². The summed E-state index contributed by atoms with van der Waals surface area (Å²) in [5.74, 6) is 0.687. The quantitative estimate of drug-likeness (QED) is 0.868. The van der Waals surface area contributed by atoms with Crippen LogP contribution in [-0.4, -0.2) is 9.97 Å². The van der Waals surface area contributed by atoms with E-state index in [-0.39, 0.29) is 5.56 Å². The Kier molecular flexibility index (Phi) is 2.92. The van der Waals surface area contributed by atoms with Gasteiger partial charge in [0, 0.05) is 11.3 Å². The van der Waals surface area contributed by atoms with Crippen LogP contribution in [0.3, 0.4) is 0 Å². The molecule has 3 nitrogen and oxygen atoms in total. The predicted octanol–water partition coefficient (Wildman–Crippen LogP) is 2.68. The van der Waals surface area contributed by atoms with Crippen LogP contribution in [0, 0.1) is 13.8 Å². The van der Waals surface area contributed by atoms with E-state index >= 15 is 0 Å². The molecule has 2 aromatic heterocycles. The number of aromatic nitrogens is 2. The summed E-state index contributed by atoms with van der Waals surface area (Å²) in [5.41, 5.74) is 2.74. The van der Waals surface area contributed by atoms with Crippen LogP contribution >= 0.6 is 11.3 Å². The lowest BCUT2D eigenvalue weighted by atomic mass is 10.2. The fraction of sp³-hybridized carbons (Fsp3) is 0.333. The van der Waals surface area contributed by atoms with Gasteiger partial charge in [-0.15, -0.1) is 11.3 Å². The van der Waals surface area contributed by atoms with E-state index in [4.69, 9.17) is 0 Å². The molecule has 0 saturated heterocycles. The van der Waals surface area contributed by atoms with E-state index in [1.54, 1.807) is 11.3 Å². The van der Waals surface area contributed by atoms with Crippen molar-refractivity contribution < 1.29 is 0 Å². The van der Waals surface area contributed by atoms with E-state index < -0.39 is 0 Å². The van der Waals surface area contributed by atoms with Gasteiger partial charge in [0.25, 0.3) is 5.56 Å². The van der Waals surface area contributed by atoms with E-state index in [0.29, 0.717) is 5.82 Å². The van der Waals surface area contributed by atoms with Crippen LogP contribution in [0.4, 0.5) is 0 Å². The van der Waals surface area contributed by atoms with Crippen LogP contribution in [0.5, 0.6) is 0 Å². The Morgan fingerprint density at radius 3 is 2.69 bits per heavy atom. The first-order valence-corrected chi connectivity index (χ1v) is 6.15. The first-order valence-electron chi connectivity index (χ1n) is 5.27. The van der Waals surface area contributed by atoms with Crippen LogP contribution in [0.2, 0.25) is 0 Å². The zero-order valence-corrected chi connectivity index (χ0v) is 10.4. The van der Waals surface area contributed by atoms with Gasteiger partial charge in [0.15, 0.2) is 5.82 Å². The molecule has 0 aliphatic heterocycles. The van der Waals surface area contributed by atoms with Gasteiger partial charge >= 0.3 is 0 Å². The lowest BCUT2D eigenvalue weighted by Crippen LogP contribution is -2.16. The van der Waals surface area contributed by atoms with Crippen LogP contribution in [0.15, 0.2) is 16.2 Å². The summed E-state index contributed by atoms with van der Waals surface area (Å²) >= 11 is 1.60. The number of hydrogen-bond acceptors (Lipinski definition) is 3. The topological polar surface area (TPSA) is 45.8 Å². The molecule has 1 N–H and O–H groups in total. The number of nitrogens with zero attached hydrogens (tertiary/aromatic N) is 1. The van der Waals surface area contributed by atoms with Crippen LogP contribution in [0.1, 0.15) is 23.7 Å². The molecule has 0 aliphatic rings. The number of nitrogens with one attached hydrogen (secondary N) is 1. The van der Waals surface area contributed by atoms with E-state index in [9.17, 15) is 4.79 Å². The molecule has 0 aromatic carbocycles. The molecule has 0 atom stereocenters. The molecular weight excluding hydrogens is 220 g/mol. The van der Waals surface area contributed by atoms with Crippen LogP contribution in [-0.2, 0) is 6.42 Å². The van der Waals surface area contributed by atoms with E-state index in [1.165, 1.54) is 0 Å². The molecule has 0 fully saturated rings. The van der Waals surface area contributed by atoms with Crippen molar-refractivity contribution in [1.29, 1.82) is 0 Å². The Morgan fingerprint density at radius 2 is 2.19 bits per heavy atom. The maximum Gasteiger partial charge on any atom is 0.254 e. The molecular formula is C12H14N2OS. The summed E-state index contributed by atoms with van der Waals surface area (Å²) in [7, 11) is 0. The molecule has 2 rings (SSSR count). The van der Waals surface area contributed by atoms with Crippen molar-refractivity contribution in [2.24, 2.45) is 0 Å². The standard InChI is InChI=1S/C12H14N2OS/c1-4-9-8(3)13-11(14-12(9)15)10-7(2)5-6-16-10/h5-6H,4H2,1-3H3,(H,13,14,15). The summed E-state index contributed by atoms with van der Waals surface area (Å²) in [5, 5.41) is 2.01. The minimum absolute atomic E-state index is 0.0159. The van der Waals surface area contributed by atoms with Gasteiger partial charge in [-0.2, -0.15) is 0 Å². The van der Waals surface area contributed by atoms with Crippen molar-refractivity contribution >= 4 is 11.3 Å². The largest absolute Gasteiger partial charge is 0.306 e. The van der Waals surface area contributed by atoms with Gasteiger partial charge in [0.05, 0.1) is 4.88 Å². The first kappa shape index (κ1) is 11.1. The van der Waals surface area contributed by atoms with Gasteiger partial charge in [-0.3, -0.25) is 4.79 Å². The number of rotatable bonds is 2. The number of thiophene rings is 1. The van der Waals surface area contributed by atoms with Gasteiger partial charge in [-0.25, -0.2) is 4.98 Å². The lowest BCUT2D eigenvalue weighted by molar-refractivity contribution is 0.969. The highest BCUT2D eigenvalue weighted by atomic mass is 32.1. The minimum Gasteiger partial charge on any atom is -0.306 e. The monoisotopic (exact) mass is 234 g/mol. The molecule has 0 radical (unpaired) electrons. The molecule has 2 heterocycles. The van der Waals surface area contributed by atoms with Crippen molar-refractivity contribution in [3.8, 4) is 10.7 Å². The second-order valence-corrected chi connectivity index (χ2v) is 4.68. The highest BCUT2D eigenvalue weighted by Gasteiger charge is 2.10. The number of aromatic amines is 1. The number of aryl methyl sites for hydroxylation is 2. The summed E-state index contributed by atoms with van der Waals surface area (Å²) in [6.45, 7) is 5.88. The highest BCUT2D eigenvalue weighted by molar-refractivity contribution is 7.13. The molecule has 0 aliphatic carbocycles. The van der Waals surface area contributed by atoms with Crippen molar-refractivity contribution in [2.75, 3.05) is 0 Å². The molecule has 0 bridgehead atoms. The molecule has 0 spiro atoms. The zero-order valence-electron chi connectivity index (χ0n) is 9.63. The fourth-order valence-electron chi connectivity index (χ4n) is 1.75. The maximum absolute atomic E-state index is 11.8. The van der Waals surface area contributed by atoms with Crippen LogP contribution < -0.4 is 5.56 Å². The van der Waals surface area contributed by atoms with E-state index in [1.807, 2.05) is 32.2 Å². The van der Waals surface area contributed by atoms with Gasteiger partial charge in [-0.1, -0.05) is 6.92 Å². The summed E-state index contributed by atoms with van der Waals surface area (Å²) < 4.78 is 0. The first-order chi connectivity index (χ1) is 7.63. The third-order valence-electron chi connectivity index (χ3n) is 2.65. The van der Waals surface area contributed by atoms with Gasteiger partial charge < -0.3 is 4.98 Å². The zero-order chi connectivity index (χ0) is 11.7. The van der Waals surface area contributed by atoms with Gasteiger partial charge in [0.2, 0.25) is 0 Å². The number of H-pyrrole nitrogens is 1. The Hall–Kier alpha value is -1.42. The van der Waals surface area contributed by atoms with Gasteiger partial charge in [0.1, 0.15) is 0 Å². The molecule has 0 unspecified atom stereocenters. The van der Waals surface area contributed by atoms with E-state index in [0.717, 1.165) is 28.1 Å². The second kappa shape index (κ2) is 4.22. The Morgan fingerprint density at radius 1 is 1.44 bits per heavy atom. The van der Waals surface area contributed by atoms with Gasteiger partial charge in [-0.05, 0) is 37.3 Å². The summed E-state index contributed by atoms with van der Waals surface area (Å²) in [6, 6.07) is 2.03. The Balaban J connectivity index is 2.61. The third-order valence-corrected chi connectivity index (χ3v) is 3.68. The lowest BCUT2D eigenvalue weighted by Gasteiger charge is -2.04. The Bertz CT molecular complexity index is 569. The molecule has 4 heteroatoms. The number of hydrogen-bond donors (Lipinski definition) is 1. The van der Waals surface area contributed by atoms with Crippen LogP contribution in [0.25, 0.3) is 10.7 Å². The predicted molar refractivity (Wildman–Crippen MR) is 67.0 cm³/mol. The SMILES string of the molecule is CCc1c(C)nc(-c2sccc2C)[nH]c1=O. The molecule has 84 valence electrons. The van der Waals surface area contributed by atoms with Crippen molar-refractivity contribution in [3.63, 3.8) is 0 Å².